The summed E-state index contributed by atoms with van der Waals surface area (Å²) in [5, 5.41) is 3.04. The maximum atomic E-state index is 13.0. The number of amides is 2. The summed E-state index contributed by atoms with van der Waals surface area (Å²) in [5.41, 5.74) is 1.34. The van der Waals surface area contributed by atoms with E-state index >= 15 is 0 Å². The van der Waals surface area contributed by atoms with Gasteiger partial charge in [-0.05, 0) is 54.2 Å². The molecule has 1 N–H and O–H groups in total. The van der Waals surface area contributed by atoms with Crippen LogP contribution in [0.3, 0.4) is 0 Å². The topological polar surface area (TPSA) is 71.1 Å². The molecule has 0 spiro atoms. The molecule has 0 bridgehead atoms. The average molecular weight is 415 g/mol. The van der Waals surface area contributed by atoms with Crippen LogP contribution in [0.1, 0.15) is 12.0 Å². The van der Waals surface area contributed by atoms with E-state index in [0.717, 1.165) is 5.56 Å². The third-order valence-corrected chi connectivity index (χ3v) is 5.33. The molecule has 1 atom stereocenters. The Morgan fingerprint density at radius 2 is 1.93 bits per heavy atom. The van der Waals surface area contributed by atoms with Gasteiger partial charge in [-0.1, -0.05) is 6.07 Å². The van der Waals surface area contributed by atoms with E-state index in [1.165, 1.54) is 29.2 Å². The smallest absolute Gasteiger partial charge is 0.251 e. The SMILES string of the molecule is CN1C(=O)C(CC(=O)Nc2ccc(F)cc2)N(Cc2ccc3c(c2)OCO3)C1=S. The maximum Gasteiger partial charge on any atom is 0.251 e. The average Bonchev–Trinajstić information content (AvgIpc) is 3.24. The molecule has 9 heteroatoms. The van der Waals surface area contributed by atoms with E-state index in [0.29, 0.717) is 28.8 Å². The van der Waals surface area contributed by atoms with Crippen LogP contribution in [0.25, 0.3) is 0 Å². The van der Waals surface area contributed by atoms with Gasteiger partial charge in [-0.3, -0.25) is 14.5 Å². The number of nitrogens with one attached hydrogen (secondary N) is 1. The van der Waals surface area contributed by atoms with Crippen molar-refractivity contribution in [3.05, 3.63) is 53.8 Å². The Morgan fingerprint density at radius 1 is 1.21 bits per heavy atom. The number of rotatable bonds is 5. The number of hydrogen-bond acceptors (Lipinski definition) is 5. The van der Waals surface area contributed by atoms with Gasteiger partial charge >= 0.3 is 0 Å². The Balaban J connectivity index is 1.49. The standard InChI is InChI=1S/C20H18FN3O4S/c1-23-19(26)15(9-18(25)22-14-5-3-13(21)4-6-14)24(20(23)29)10-12-2-7-16-17(8-12)28-11-27-16/h2-8,15H,9-11H2,1H3,(H,22,25). The lowest BCUT2D eigenvalue weighted by atomic mass is 10.1. The molecular formula is C20H18FN3O4S. The highest BCUT2D eigenvalue weighted by molar-refractivity contribution is 7.80. The van der Waals surface area contributed by atoms with Crippen LogP contribution < -0.4 is 14.8 Å². The number of anilines is 1. The quantitative estimate of drug-likeness (QED) is 0.757. The molecule has 7 nitrogen and oxygen atoms in total. The van der Waals surface area contributed by atoms with E-state index < -0.39 is 11.9 Å². The Labute approximate surface area is 172 Å². The highest BCUT2D eigenvalue weighted by Gasteiger charge is 2.41. The molecular weight excluding hydrogens is 397 g/mol. The van der Waals surface area contributed by atoms with Crippen LogP contribution in [0.4, 0.5) is 10.1 Å². The van der Waals surface area contributed by atoms with Crippen LogP contribution in [0.15, 0.2) is 42.5 Å². The molecule has 4 rings (SSSR count). The number of carbonyl (C=O) groups is 2. The number of thiocarbonyl (C=S) groups is 1. The van der Waals surface area contributed by atoms with Crippen molar-refractivity contribution >= 4 is 34.8 Å². The summed E-state index contributed by atoms with van der Waals surface area (Å²) in [6.07, 6.45) is -0.0781. The van der Waals surface area contributed by atoms with Crippen LogP contribution in [0.2, 0.25) is 0 Å². The molecule has 2 aromatic rings. The first kappa shape index (κ1) is 19.1. The summed E-state index contributed by atoms with van der Waals surface area (Å²) in [5.74, 6) is 0.309. The van der Waals surface area contributed by atoms with Crippen LogP contribution >= 0.6 is 12.2 Å². The summed E-state index contributed by atoms with van der Waals surface area (Å²) in [6.45, 7) is 0.522. The number of nitrogens with zero attached hydrogens (tertiary/aromatic N) is 2. The highest BCUT2D eigenvalue weighted by Crippen LogP contribution is 2.33. The summed E-state index contributed by atoms with van der Waals surface area (Å²) < 4.78 is 23.7. The minimum Gasteiger partial charge on any atom is -0.454 e. The van der Waals surface area contributed by atoms with Crippen LogP contribution in [-0.4, -0.2) is 46.6 Å². The number of halogens is 1. The summed E-state index contributed by atoms with van der Waals surface area (Å²) in [4.78, 5) is 28.2. The number of carbonyl (C=O) groups excluding carboxylic acids is 2. The van der Waals surface area contributed by atoms with Gasteiger partial charge in [0.2, 0.25) is 12.7 Å². The van der Waals surface area contributed by atoms with Crippen molar-refractivity contribution in [1.82, 2.24) is 9.80 Å². The fourth-order valence-electron chi connectivity index (χ4n) is 3.31. The largest absolute Gasteiger partial charge is 0.454 e. The van der Waals surface area contributed by atoms with E-state index in [4.69, 9.17) is 21.7 Å². The van der Waals surface area contributed by atoms with Gasteiger partial charge in [0.1, 0.15) is 11.9 Å². The first-order valence-electron chi connectivity index (χ1n) is 8.94. The van der Waals surface area contributed by atoms with E-state index in [9.17, 15) is 14.0 Å². The number of hydrogen-bond donors (Lipinski definition) is 1. The zero-order valence-electron chi connectivity index (χ0n) is 15.6. The first-order valence-corrected chi connectivity index (χ1v) is 9.35. The van der Waals surface area contributed by atoms with E-state index in [1.807, 2.05) is 12.1 Å². The lowest BCUT2D eigenvalue weighted by Gasteiger charge is -2.23. The summed E-state index contributed by atoms with van der Waals surface area (Å²) >= 11 is 5.41. The van der Waals surface area contributed by atoms with Crippen molar-refractivity contribution in [3.63, 3.8) is 0 Å². The summed E-state index contributed by atoms with van der Waals surface area (Å²) in [6, 6.07) is 10.2. The van der Waals surface area contributed by atoms with Crippen LogP contribution in [0, 0.1) is 5.82 Å². The Kier molecular flexibility index (Phi) is 5.06. The molecule has 2 aliphatic rings. The molecule has 1 fully saturated rings. The van der Waals surface area contributed by atoms with Gasteiger partial charge in [0.15, 0.2) is 16.6 Å². The lowest BCUT2D eigenvalue weighted by Crippen LogP contribution is -2.37. The van der Waals surface area contributed by atoms with Crippen molar-refractivity contribution < 1.29 is 23.5 Å². The van der Waals surface area contributed by atoms with Gasteiger partial charge in [0.25, 0.3) is 5.91 Å². The second-order valence-corrected chi connectivity index (χ2v) is 7.14. The molecule has 1 unspecified atom stereocenters. The van der Waals surface area contributed by atoms with Gasteiger partial charge in [-0.15, -0.1) is 0 Å². The van der Waals surface area contributed by atoms with E-state index in [-0.39, 0.29) is 25.0 Å². The van der Waals surface area contributed by atoms with Crippen molar-refractivity contribution in [2.45, 2.75) is 19.0 Å². The van der Waals surface area contributed by atoms with Crippen LogP contribution in [0.5, 0.6) is 11.5 Å². The normalized spacial score (nSPS) is 17.8. The Bertz CT molecular complexity index is 982. The van der Waals surface area contributed by atoms with Gasteiger partial charge in [0.05, 0.1) is 6.42 Å². The van der Waals surface area contributed by atoms with E-state index in [2.05, 4.69) is 5.32 Å². The number of ether oxygens (including phenoxy) is 2. The van der Waals surface area contributed by atoms with Crippen molar-refractivity contribution in [2.24, 2.45) is 0 Å². The monoisotopic (exact) mass is 415 g/mol. The fraction of sp³-hybridized carbons (Fsp3) is 0.250. The number of fused-ring (bicyclic) bond motifs is 1. The lowest BCUT2D eigenvalue weighted by molar-refractivity contribution is -0.130. The molecule has 2 aromatic carbocycles. The van der Waals surface area contributed by atoms with Gasteiger partial charge in [0, 0.05) is 19.3 Å². The number of benzene rings is 2. The van der Waals surface area contributed by atoms with Crippen LogP contribution in [-0.2, 0) is 16.1 Å². The van der Waals surface area contributed by atoms with Crippen molar-refractivity contribution in [3.8, 4) is 11.5 Å². The van der Waals surface area contributed by atoms with Crippen molar-refractivity contribution in [1.29, 1.82) is 0 Å². The molecule has 2 aliphatic heterocycles. The fourth-order valence-corrected chi connectivity index (χ4v) is 3.59. The second-order valence-electron chi connectivity index (χ2n) is 6.77. The van der Waals surface area contributed by atoms with Gasteiger partial charge in [-0.25, -0.2) is 4.39 Å². The van der Waals surface area contributed by atoms with E-state index in [1.54, 1.807) is 18.0 Å². The highest BCUT2D eigenvalue weighted by atomic mass is 32.1. The Hall–Kier alpha value is -3.20. The molecule has 0 saturated carbocycles. The molecule has 150 valence electrons. The predicted octanol–water partition coefficient (Wildman–Crippen LogP) is 2.51. The molecule has 0 aliphatic carbocycles. The third-order valence-electron chi connectivity index (χ3n) is 4.82. The summed E-state index contributed by atoms with van der Waals surface area (Å²) in [7, 11) is 1.59. The second kappa shape index (κ2) is 7.67. The predicted molar refractivity (Wildman–Crippen MR) is 107 cm³/mol. The molecule has 2 heterocycles. The maximum absolute atomic E-state index is 13.0. The zero-order chi connectivity index (χ0) is 20.5. The molecule has 29 heavy (non-hydrogen) atoms. The number of likely N-dealkylation sites (N-methyl/N-ethyl adjacent to an activating group) is 1. The van der Waals surface area contributed by atoms with Gasteiger partial charge in [-0.2, -0.15) is 0 Å². The third kappa shape index (κ3) is 3.86. The minimum atomic E-state index is -0.724. The molecule has 0 aromatic heterocycles. The zero-order valence-corrected chi connectivity index (χ0v) is 16.4. The first-order chi connectivity index (χ1) is 13.9. The van der Waals surface area contributed by atoms with Gasteiger partial charge < -0.3 is 19.7 Å². The molecule has 2 amide bonds. The minimum absolute atomic E-state index is 0.0781. The molecule has 1 saturated heterocycles. The van der Waals surface area contributed by atoms with Crippen molar-refractivity contribution in [2.75, 3.05) is 19.2 Å². The molecule has 0 radical (unpaired) electrons. The Morgan fingerprint density at radius 3 is 2.69 bits per heavy atom.